The molecular formula is C26H38N2O. The van der Waals surface area contributed by atoms with E-state index in [4.69, 9.17) is 4.74 Å². The van der Waals surface area contributed by atoms with Crippen LogP contribution in [0.3, 0.4) is 0 Å². The van der Waals surface area contributed by atoms with Gasteiger partial charge < -0.3 is 4.74 Å². The third kappa shape index (κ3) is 7.13. The summed E-state index contributed by atoms with van der Waals surface area (Å²) in [6.45, 7) is 5.38. The van der Waals surface area contributed by atoms with Gasteiger partial charge in [-0.2, -0.15) is 0 Å². The molecule has 0 unspecified atom stereocenters. The summed E-state index contributed by atoms with van der Waals surface area (Å²) in [6, 6.07) is 8.21. The van der Waals surface area contributed by atoms with Crippen LogP contribution in [-0.2, 0) is 6.42 Å². The van der Waals surface area contributed by atoms with Gasteiger partial charge in [0, 0.05) is 18.0 Å². The Kier molecular flexibility index (Phi) is 8.98. The number of nitrogens with zero attached hydrogens (tertiary/aromatic N) is 2. The van der Waals surface area contributed by atoms with Gasteiger partial charge in [-0.15, -0.1) is 0 Å². The molecular weight excluding hydrogens is 356 g/mol. The molecule has 1 aromatic carbocycles. The third-order valence-corrected chi connectivity index (χ3v) is 6.46. The van der Waals surface area contributed by atoms with Crippen molar-refractivity contribution in [1.82, 2.24) is 9.97 Å². The molecule has 1 aliphatic rings. The monoisotopic (exact) mass is 394 g/mol. The number of benzene rings is 1. The molecule has 0 N–H and O–H groups in total. The minimum absolute atomic E-state index is 0.790. The van der Waals surface area contributed by atoms with Crippen LogP contribution < -0.4 is 4.74 Å². The van der Waals surface area contributed by atoms with Crippen LogP contribution in [0.15, 0.2) is 36.7 Å². The van der Waals surface area contributed by atoms with E-state index in [9.17, 15) is 0 Å². The standard InChI is InChI=1S/C26H38N2O/c1-3-5-6-8-23-19-27-26(28-20-23)24-14-16-25(17-15-24)29-18-7-9-22-12-10-21(4-2)11-13-22/h14-17,19-22H,3-13,18H2,1-2H3/t21-,22-. The van der Waals surface area contributed by atoms with E-state index < -0.39 is 0 Å². The maximum atomic E-state index is 5.96. The maximum Gasteiger partial charge on any atom is 0.159 e. The highest BCUT2D eigenvalue weighted by molar-refractivity contribution is 5.55. The lowest BCUT2D eigenvalue weighted by atomic mass is 9.79. The highest BCUT2D eigenvalue weighted by atomic mass is 16.5. The first-order chi connectivity index (χ1) is 14.3. The zero-order chi connectivity index (χ0) is 20.3. The van der Waals surface area contributed by atoms with Crippen molar-refractivity contribution in [2.24, 2.45) is 11.8 Å². The first-order valence-electron chi connectivity index (χ1n) is 11.8. The molecule has 1 heterocycles. The fraction of sp³-hybridized carbons (Fsp3) is 0.615. The molecule has 0 aliphatic heterocycles. The molecule has 1 fully saturated rings. The smallest absolute Gasteiger partial charge is 0.159 e. The van der Waals surface area contributed by atoms with Crippen LogP contribution in [0.4, 0.5) is 0 Å². The van der Waals surface area contributed by atoms with Gasteiger partial charge in [0.25, 0.3) is 0 Å². The van der Waals surface area contributed by atoms with Crippen molar-refractivity contribution in [1.29, 1.82) is 0 Å². The Balaban J connectivity index is 1.38. The van der Waals surface area contributed by atoms with E-state index >= 15 is 0 Å². The van der Waals surface area contributed by atoms with Crippen LogP contribution in [0.1, 0.15) is 83.6 Å². The summed E-state index contributed by atoms with van der Waals surface area (Å²) in [5, 5.41) is 0. The van der Waals surface area contributed by atoms with E-state index in [0.717, 1.165) is 48.4 Å². The van der Waals surface area contributed by atoms with E-state index in [1.807, 2.05) is 24.5 Å². The van der Waals surface area contributed by atoms with Gasteiger partial charge in [0.1, 0.15) is 5.75 Å². The van der Waals surface area contributed by atoms with Crippen molar-refractivity contribution in [3.63, 3.8) is 0 Å². The average Bonchev–Trinajstić information content (AvgIpc) is 2.78. The lowest BCUT2D eigenvalue weighted by molar-refractivity contribution is 0.234. The number of aromatic nitrogens is 2. The second-order valence-electron chi connectivity index (χ2n) is 8.68. The van der Waals surface area contributed by atoms with Crippen LogP contribution in [0.2, 0.25) is 0 Å². The molecule has 0 radical (unpaired) electrons. The quantitative estimate of drug-likeness (QED) is 0.376. The molecule has 0 bridgehead atoms. The summed E-state index contributed by atoms with van der Waals surface area (Å²) >= 11 is 0. The zero-order valence-electron chi connectivity index (χ0n) is 18.4. The van der Waals surface area contributed by atoms with Gasteiger partial charge in [-0.25, -0.2) is 9.97 Å². The minimum atomic E-state index is 0.790. The molecule has 3 nitrogen and oxygen atoms in total. The second-order valence-corrected chi connectivity index (χ2v) is 8.68. The molecule has 158 valence electrons. The number of hydrogen-bond donors (Lipinski definition) is 0. The number of unbranched alkanes of at least 4 members (excludes halogenated alkanes) is 2. The molecule has 29 heavy (non-hydrogen) atoms. The van der Waals surface area contributed by atoms with Gasteiger partial charge >= 0.3 is 0 Å². The van der Waals surface area contributed by atoms with E-state index in [1.165, 1.54) is 63.4 Å². The van der Waals surface area contributed by atoms with Crippen molar-refractivity contribution < 1.29 is 4.74 Å². The Labute approximate surface area is 177 Å². The molecule has 0 spiro atoms. The summed E-state index contributed by atoms with van der Waals surface area (Å²) in [5.41, 5.74) is 2.27. The first kappa shape index (κ1) is 21.8. The minimum Gasteiger partial charge on any atom is -0.494 e. The molecule has 1 saturated carbocycles. The van der Waals surface area contributed by atoms with E-state index in [1.54, 1.807) is 0 Å². The predicted molar refractivity (Wildman–Crippen MR) is 121 cm³/mol. The molecule has 1 aliphatic carbocycles. The number of hydrogen-bond acceptors (Lipinski definition) is 3. The van der Waals surface area contributed by atoms with Crippen LogP contribution in [0.25, 0.3) is 11.4 Å². The largest absolute Gasteiger partial charge is 0.494 e. The lowest BCUT2D eigenvalue weighted by Gasteiger charge is -2.27. The number of ether oxygens (including phenoxy) is 1. The van der Waals surface area contributed by atoms with E-state index in [0.29, 0.717) is 0 Å². The molecule has 2 aromatic rings. The summed E-state index contributed by atoms with van der Waals surface area (Å²) in [5.74, 6) is 3.64. The Hall–Kier alpha value is -1.90. The Bertz CT molecular complexity index is 688. The Morgan fingerprint density at radius 1 is 0.862 bits per heavy atom. The van der Waals surface area contributed by atoms with Crippen molar-refractivity contribution in [3.8, 4) is 17.1 Å². The number of aryl methyl sites for hydroxylation is 1. The summed E-state index contributed by atoms with van der Waals surface area (Å²) < 4.78 is 5.96. The van der Waals surface area contributed by atoms with Gasteiger partial charge in [-0.1, -0.05) is 58.8 Å². The van der Waals surface area contributed by atoms with Crippen molar-refractivity contribution in [2.75, 3.05) is 6.61 Å². The van der Waals surface area contributed by atoms with Gasteiger partial charge in [-0.3, -0.25) is 0 Å². The molecule has 0 amide bonds. The van der Waals surface area contributed by atoms with Crippen molar-refractivity contribution >= 4 is 0 Å². The molecule has 0 saturated heterocycles. The molecule has 3 rings (SSSR count). The predicted octanol–water partition coefficient (Wildman–Crippen LogP) is 7.25. The van der Waals surface area contributed by atoms with Gasteiger partial charge in [-0.05, 0) is 67.3 Å². The summed E-state index contributed by atoms with van der Waals surface area (Å²) in [6.07, 6.45) is 18.3. The van der Waals surface area contributed by atoms with E-state index in [-0.39, 0.29) is 0 Å². The van der Waals surface area contributed by atoms with Gasteiger partial charge in [0.15, 0.2) is 5.82 Å². The van der Waals surface area contributed by atoms with Gasteiger partial charge in [0.2, 0.25) is 0 Å². The summed E-state index contributed by atoms with van der Waals surface area (Å²) in [4.78, 5) is 9.09. The zero-order valence-corrected chi connectivity index (χ0v) is 18.4. The third-order valence-electron chi connectivity index (χ3n) is 6.46. The fourth-order valence-corrected chi connectivity index (χ4v) is 4.40. The normalized spacial score (nSPS) is 19.2. The van der Waals surface area contributed by atoms with Crippen LogP contribution in [0.5, 0.6) is 5.75 Å². The summed E-state index contributed by atoms with van der Waals surface area (Å²) in [7, 11) is 0. The average molecular weight is 395 g/mol. The van der Waals surface area contributed by atoms with Crippen LogP contribution in [-0.4, -0.2) is 16.6 Å². The lowest BCUT2D eigenvalue weighted by Crippen LogP contribution is -2.14. The SMILES string of the molecule is CCCCCc1cnc(-c2ccc(OCCC[C@H]3CC[C@H](CC)CC3)cc2)nc1. The topological polar surface area (TPSA) is 35.0 Å². The van der Waals surface area contributed by atoms with Crippen LogP contribution >= 0.6 is 0 Å². The van der Waals surface area contributed by atoms with Gasteiger partial charge in [0.05, 0.1) is 6.61 Å². The molecule has 3 heteroatoms. The maximum absolute atomic E-state index is 5.96. The molecule has 0 atom stereocenters. The Morgan fingerprint density at radius 2 is 1.55 bits per heavy atom. The highest BCUT2D eigenvalue weighted by Gasteiger charge is 2.19. The van der Waals surface area contributed by atoms with Crippen molar-refractivity contribution in [3.05, 3.63) is 42.2 Å². The second kappa shape index (κ2) is 11.9. The molecule has 1 aromatic heterocycles. The first-order valence-corrected chi connectivity index (χ1v) is 11.8. The van der Waals surface area contributed by atoms with Crippen LogP contribution in [0, 0.1) is 11.8 Å². The van der Waals surface area contributed by atoms with Crippen molar-refractivity contribution in [2.45, 2.75) is 84.5 Å². The fourth-order valence-electron chi connectivity index (χ4n) is 4.40. The Morgan fingerprint density at radius 3 is 2.21 bits per heavy atom. The highest BCUT2D eigenvalue weighted by Crippen LogP contribution is 2.33. The number of rotatable bonds is 11. The van der Waals surface area contributed by atoms with E-state index in [2.05, 4.69) is 35.9 Å².